The van der Waals surface area contributed by atoms with Crippen molar-refractivity contribution >= 4 is 11.6 Å². The van der Waals surface area contributed by atoms with E-state index in [-0.39, 0.29) is 28.8 Å². The van der Waals surface area contributed by atoms with Gasteiger partial charge in [-0.05, 0) is 26.3 Å². The molecule has 0 aliphatic carbocycles. The number of rotatable bonds is 2. The summed E-state index contributed by atoms with van der Waals surface area (Å²) in [5.41, 5.74) is 7.64. The standard InChI is InChI=1S/C18H21N5O3/c1-10-6-13(11(2)26-10)15-9-23-8-14(20-16(23)18(25)21(15)3)17(24)22-5-4-12(19)7-22/h6,8-9,12H,4-5,7,19H2,1-3H3/t12-/m0/s1. The van der Waals surface area contributed by atoms with E-state index in [0.29, 0.717) is 18.8 Å². The van der Waals surface area contributed by atoms with Crippen LogP contribution in [0.15, 0.2) is 27.7 Å². The lowest BCUT2D eigenvalue weighted by Crippen LogP contribution is -2.32. The number of nitrogens with zero attached hydrogens (tertiary/aromatic N) is 4. The van der Waals surface area contributed by atoms with Gasteiger partial charge in [0, 0.05) is 44.1 Å². The van der Waals surface area contributed by atoms with Crippen molar-refractivity contribution in [3.63, 3.8) is 0 Å². The van der Waals surface area contributed by atoms with Crippen LogP contribution < -0.4 is 11.3 Å². The van der Waals surface area contributed by atoms with Crippen molar-refractivity contribution in [1.29, 1.82) is 0 Å². The van der Waals surface area contributed by atoms with Gasteiger partial charge in [0.1, 0.15) is 17.2 Å². The van der Waals surface area contributed by atoms with Crippen molar-refractivity contribution in [2.75, 3.05) is 13.1 Å². The van der Waals surface area contributed by atoms with Crippen LogP contribution in [0.2, 0.25) is 0 Å². The summed E-state index contributed by atoms with van der Waals surface area (Å²) < 4.78 is 8.73. The molecule has 1 atom stereocenters. The maximum absolute atomic E-state index is 12.8. The Bertz CT molecular complexity index is 1070. The first-order valence-corrected chi connectivity index (χ1v) is 8.56. The molecular weight excluding hydrogens is 334 g/mol. The van der Waals surface area contributed by atoms with Crippen LogP contribution in [0.5, 0.6) is 0 Å². The molecule has 1 amide bonds. The molecule has 0 bridgehead atoms. The Labute approximate surface area is 149 Å². The fourth-order valence-corrected chi connectivity index (χ4v) is 3.50. The van der Waals surface area contributed by atoms with Crippen molar-refractivity contribution in [3.05, 3.63) is 46.0 Å². The molecule has 0 spiro atoms. The Morgan fingerprint density at radius 2 is 2.12 bits per heavy atom. The van der Waals surface area contributed by atoms with Gasteiger partial charge in [0.15, 0.2) is 0 Å². The van der Waals surface area contributed by atoms with Crippen molar-refractivity contribution < 1.29 is 9.21 Å². The van der Waals surface area contributed by atoms with E-state index in [1.165, 1.54) is 4.57 Å². The number of nitrogens with two attached hydrogens (primary N) is 1. The summed E-state index contributed by atoms with van der Waals surface area (Å²) in [7, 11) is 1.69. The topological polar surface area (TPSA) is 98.8 Å². The minimum absolute atomic E-state index is 0.00255. The van der Waals surface area contributed by atoms with Crippen LogP contribution in [0.4, 0.5) is 0 Å². The smallest absolute Gasteiger partial charge is 0.294 e. The number of likely N-dealkylation sites (tertiary alicyclic amines) is 1. The van der Waals surface area contributed by atoms with Gasteiger partial charge in [-0.1, -0.05) is 0 Å². The molecule has 136 valence electrons. The summed E-state index contributed by atoms with van der Waals surface area (Å²) >= 11 is 0. The molecule has 3 aromatic heterocycles. The Hall–Kier alpha value is -2.87. The molecule has 3 aromatic rings. The van der Waals surface area contributed by atoms with Crippen LogP contribution in [0.3, 0.4) is 0 Å². The average molecular weight is 355 g/mol. The quantitative estimate of drug-likeness (QED) is 0.742. The zero-order valence-corrected chi connectivity index (χ0v) is 15.0. The highest BCUT2D eigenvalue weighted by Crippen LogP contribution is 2.25. The van der Waals surface area contributed by atoms with Crippen molar-refractivity contribution in [1.82, 2.24) is 18.9 Å². The van der Waals surface area contributed by atoms with Gasteiger partial charge in [-0.2, -0.15) is 0 Å². The fraction of sp³-hybridized carbons (Fsp3) is 0.389. The number of hydrogen-bond acceptors (Lipinski definition) is 5. The molecule has 2 N–H and O–H groups in total. The summed E-state index contributed by atoms with van der Waals surface area (Å²) in [4.78, 5) is 31.4. The SMILES string of the molecule is Cc1cc(-c2cn3cc(C(=O)N4CC[C@H](N)C4)nc3c(=O)n2C)c(C)o1. The first kappa shape index (κ1) is 16.6. The highest BCUT2D eigenvalue weighted by Gasteiger charge is 2.27. The third-order valence-corrected chi connectivity index (χ3v) is 4.90. The van der Waals surface area contributed by atoms with Crippen LogP contribution >= 0.6 is 0 Å². The maximum atomic E-state index is 12.8. The monoisotopic (exact) mass is 355 g/mol. The lowest BCUT2D eigenvalue weighted by Gasteiger charge is -2.13. The predicted molar refractivity (Wildman–Crippen MR) is 96.1 cm³/mol. The van der Waals surface area contributed by atoms with Gasteiger partial charge < -0.3 is 19.6 Å². The lowest BCUT2D eigenvalue weighted by atomic mass is 10.2. The second-order valence-corrected chi connectivity index (χ2v) is 6.86. The molecule has 0 saturated carbocycles. The summed E-state index contributed by atoms with van der Waals surface area (Å²) in [6.45, 7) is 4.85. The highest BCUT2D eigenvalue weighted by molar-refractivity contribution is 5.93. The van der Waals surface area contributed by atoms with E-state index in [1.54, 1.807) is 28.7 Å². The van der Waals surface area contributed by atoms with E-state index in [9.17, 15) is 9.59 Å². The third kappa shape index (κ3) is 2.53. The van der Waals surface area contributed by atoms with Gasteiger partial charge in [-0.3, -0.25) is 14.0 Å². The van der Waals surface area contributed by atoms with Gasteiger partial charge >= 0.3 is 0 Å². The van der Waals surface area contributed by atoms with E-state index in [0.717, 1.165) is 23.5 Å². The molecule has 8 nitrogen and oxygen atoms in total. The molecule has 4 heterocycles. The largest absolute Gasteiger partial charge is 0.466 e. The molecular formula is C18H21N5O3. The van der Waals surface area contributed by atoms with E-state index in [2.05, 4.69) is 4.98 Å². The van der Waals surface area contributed by atoms with Crippen molar-refractivity contribution in [2.24, 2.45) is 12.8 Å². The van der Waals surface area contributed by atoms with E-state index in [1.807, 2.05) is 19.9 Å². The molecule has 0 radical (unpaired) electrons. The zero-order chi connectivity index (χ0) is 18.6. The molecule has 8 heteroatoms. The Kier molecular flexibility index (Phi) is 3.73. The van der Waals surface area contributed by atoms with E-state index in [4.69, 9.17) is 10.2 Å². The fourth-order valence-electron chi connectivity index (χ4n) is 3.50. The van der Waals surface area contributed by atoms with Gasteiger partial charge in [0.2, 0.25) is 5.65 Å². The number of fused-ring (bicyclic) bond motifs is 1. The first-order chi connectivity index (χ1) is 12.3. The van der Waals surface area contributed by atoms with Crippen LogP contribution in [0, 0.1) is 13.8 Å². The first-order valence-electron chi connectivity index (χ1n) is 8.56. The maximum Gasteiger partial charge on any atom is 0.294 e. The Morgan fingerprint density at radius 3 is 2.73 bits per heavy atom. The van der Waals surface area contributed by atoms with Gasteiger partial charge in [-0.25, -0.2) is 4.98 Å². The molecule has 26 heavy (non-hydrogen) atoms. The van der Waals surface area contributed by atoms with Crippen molar-refractivity contribution in [2.45, 2.75) is 26.3 Å². The minimum Gasteiger partial charge on any atom is -0.466 e. The number of furan rings is 1. The number of aryl methyl sites for hydroxylation is 2. The summed E-state index contributed by atoms with van der Waals surface area (Å²) in [5.74, 6) is 1.32. The second-order valence-electron chi connectivity index (χ2n) is 6.86. The summed E-state index contributed by atoms with van der Waals surface area (Å²) in [5, 5.41) is 0. The van der Waals surface area contributed by atoms with Gasteiger partial charge in [0.05, 0.1) is 5.69 Å². The number of carbonyl (C=O) groups is 1. The number of imidazole rings is 1. The Balaban J connectivity index is 1.81. The molecule has 4 rings (SSSR count). The van der Waals surface area contributed by atoms with Crippen LogP contribution in [-0.4, -0.2) is 43.9 Å². The Morgan fingerprint density at radius 1 is 1.35 bits per heavy atom. The van der Waals surface area contributed by atoms with Crippen LogP contribution in [0.1, 0.15) is 28.4 Å². The van der Waals surface area contributed by atoms with E-state index >= 15 is 0 Å². The molecule has 1 saturated heterocycles. The number of amides is 1. The van der Waals surface area contributed by atoms with Crippen molar-refractivity contribution in [3.8, 4) is 11.3 Å². The number of hydrogen-bond donors (Lipinski definition) is 1. The number of carbonyl (C=O) groups excluding carboxylic acids is 1. The molecule has 0 unspecified atom stereocenters. The predicted octanol–water partition coefficient (Wildman–Crippen LogP) is 1.08. The minimum atomic E-state index is -0.266. The zero-order valence-electron chi connectivity index (χ0n) is 15.0. The summed E-state index contributed by atoms with van der Waals surface area (Å²) in [6.07, 6.45) is 4.19. The van der Waals surface area contributed by atoms with Crippen LogP contribution in [0.25, 0.3) is 16.9 Å². The normalized spacial score (nSPS) is 17.4. The molecule has 0 aromatic carbocycles. The third-order valence-electron chi connectivity index (χ3n) is 4.90. The molecule has 1 aliphatic rings. The lowest BCUT2D eigenvalue weighted by molar-refractivity contribution is 0.0786. The summed E-state index contributed by atoms with van der Waals surface area (Å²) in [6, 6.07) is 1.90. The van der Waals surface area contributed by atoms with Crippen LogP contribution in [-0.2, 0) is 7.05 Å². The highest BCUT2D eigenvalue weighted by atomic mass is 16.3. The molecule has 1 fully saturated rings. The average Bonchev–Trinajstić information content (AvgIpc) is 3.29. The second kappa shape index (κ2) is 5.84. The van der Waals surface area contributed by atoms with Gasteiger partial charge in [-0.15, -0.1) is 0 Å². The molecule has 1 aliphatic heterocycles. The number of aromatic nitrogens is 3. The van der Waals surface area contributed by atoms with Gasteiger partial charge in [0.25, 0.3) is 11.5 Å². The van der Waals surface area contributed by atoms with E-state index < -0.39 is 0 Å².